The van der Waals surface area contributed by atoms with Crippen LogP contribution in [0.4, 0.5) is 0 Å². The van der Waals surface area contributed by atoms with Crippen molar-refractivity contribution < 1.29 is 4.79 Å². The summed E-state index contributed by atoms with van der Waals surface area (Å²) in [6.45, 7) is 5.54. The fourth-order valence-electron chi connectivity index (χ4n) is 1.89. The van der Waals surface area contributed by atoms with Gasteiger partial charge in [0.25, 0.3) is 0 Å². The molecule has 1 amide bonds. The second-order valence-electron chi connectivity index (χ2n) is 4.69. The monoisotopic (exact) mass is 263 g/mol. The SMILES string of the molecule is CCCNC(=O)CN(CCCN)Cc1ccccc1. The van der Waals surface area contributed by atoms with Crippen LogP contribution in [0.25, 0.3) is 0 Å². The number of rotatable bonds is 9. The topological polar surface area (TPSA) is 58.4 Å². The molecule has 0 bridgehead atoms. The summed E-state index contributed by atoms with van der Waals surface area (Å²) in [6, 6.07) is 10.2. The van der Waals surface area contributed by atoms with Crippen LogP contribution >= 0.6 is 0 Å². The Balaban J connectivity index is 2.49. The van der Waals surface area contributed by atoms with Crippen LogP contribution in [0.5, 0.6) is 0 Å². The molecule has 0 radical (unpaired) electrons. The normalized spacial score (nSPS) is 10.7. The van der Waals surface area contributed by atoms with Crippen LogP contribution in [0.3, 0.4) is 0 Å². The lowest BCUT2D eigenvalue weighted by atomic mass is 10.2. The lowest BCUT2D eigenvalue weighted by Gasteiger charge is -2.21. The summed E-state index contributed by atoms with van der Waals surface area (Å²) in [6.07, 6.45) is 1.88. The molecule has 1 aromatic carbocycles. The summed E-state index contributed by atoms with van der Waals surface area (Å²) in [5, 5.41) is 2.91. The van der Waals surface area contributed by atoms with Gasteiger partial charge in [0.05, 0.1) is 6.54 Å². The number of nitrogens with two attached hydrogens (primary N) is 1. The maximum absolute atomic E-state index is 11.8. The molecule has 4 nitrogen and oxygen atoms in total. The molecule has 0 aromatic heterocycles. The number of carbonyl (C=O) groups excluding carboxylic acids is 1. The first-order chi connectivity index (χ1) is 9.26. The second kappa shape index (κ2) is 9.53. The Morgan fingerprint density at radius 2 is 2.05 bits per heavy atom. The standard InChI is InChI=1S/C15H25N3O/c1-2-10-17-15(19)13-18(11-6-9-16)12-14-7-4-3-5-8-14/h3-5,7-8H,2,6,9-13,16H2,1H3,(H,17,19). The molecule has 19 heavy (non-hydrogen) atoms. The lowest BCUT2D eigenvalue weighted by molar-refractivity contribution is -0.122. The molecule has 0 aliphatic rings. The molecular weight excluding hydrogens is 238 g/mol. The molecule has 0 saturated heterocycles. The molecule has 106 valence electrons. The molecule has 3 N–H and O–H groups in total. The van der Waals surface area contributed by atoms with Crippen molar-refractivity contribution in [2.45, 2.75) is 26.3 Å². The third-order valence-electron chi connectivity index (χ3n) is 2.87. The van der Waals surface area contributed by atoms with E-state index in [1.54, 1.807) is 0 Å². The summed E-state index contributed by atoms with van der Waals surface area (Å²) in [7, 11) is 0. The Hall–Kier alpha value is -1.39. The van der Waals surface area contributed by atoms with Crippen molar-refractivity contribution in [3.63, 3.8) is 0 Å². The molecular formula is C15H25N3O. The van der Waals surface area contributed by atoms with Gasteiger partial charge < -0.3 is 11.1 Å². The highest BCUT2D eigenvalue weighted by molar-refractivity contribution is 5.77. The Kier molecular flexibility index (Phi) is 7.86. The van der Waals surface area contributed by atoms with E-state index in [4.69, 9.17) is 5.73 Å². The van der Waals surface area contributed by atoms with E-state index < -0.39 is 0 Å². The van der Waals surface area contributed by atoms with E-state index in [2.05, 4.69) is 29.3 Å². The van der Waals surface area contributed by atoms with Gasteiger partial charge in [0.2, 0.25) is 5.91 Å². The van der Waals surface area contributed by atoms with Crippen LogP contribution in [0.1, 0.15) is 25.3 Å². The fourth-order valence-corrected chi connectivity index (χ4v) is 1.89. The summed E-state index contributed by atoms with van der Waals surface area (Å²) < 4.78 is 0. The van der Waals surface area contributed by atoms with Gasteiger partial charge in [-0.05, 0) is 24.9 Å². The van der Waals surface area contributed by atoms with Gasteiger partial charge in [0, 0.05) is 19.6 Å². The molecule has 1 aromatic rings. The van der Waals surface area contributed by atoms with Gasteiger partial charge in [0.15, 0.2) is 0 Å². The molecule has 4 heteroatoms. The van der Waals surface area contributed by atoms with E-state index in [9.17, 15) is 4.79 Å². The van der Waals surface area contributed by atoms with Crippen LogP contribution in [0, 0.1) is 0 Å². The molecule has 0 atom stereocenters. The minimum Gasteiger partial charge on any atom is -0.355 e. The van der Waals surface area contributed by atoms with Gasteiger partial charge in [-0.1, -0.05) is 37.3 Å². The van der Waals surface area contributed by atoms with Gasteiger partial charge in [0.1, 0.15) is 0 Å². The van der Waals surface area contributed by atoms with E-state index >= 15 is 0 Å². The van der Waals surface area contributed by atoms with E-state index in [1.807, 2.05) is 18.2 Å². The first-order valence-corrected chi connectivity index (χ1v) is 6.99. The summed E-state index contributed by atoms with van der Waals surface area (Å²) in [4.78, 5) is 13.9. The number of hydrogen-bond donors (Lipinski definition) is 2. The summed E-state index contributed by atoms with van der Waals surface area (Å²) >= 11 is 0. The Bertz CT molecular complexity index is 354. The first kappa shape index (κ1) is 15.7. The van der Waals surface area contributed by atoms with E-state index in [-0.39, 0.29) is 5.91 Å². The summed E-state index contributed by atoms with van der Waals surface area (Å²) in [5.41, 5.74) is 6.78. The maximum Gasteiger partial charge on any atom is 0.234 e. The highest BCUT2D eigenvalue weighted by Gasteiger charge is 2.10. The van der Waals surface area contributed by atoms with Crippen molar-refractivity contribution in [2.24, 2.45) is 5.73 Å². The average molecular weight is 263 g/mol. The molecule has 0 heterocycles. The van der Waals surface area contributed by atoms with Crippen LogP contribution in [0.15, 0.2) is 30.3 Å². The van der Waals surface area contributed by atoms with Crippen molar-refractivity contribution in [1.82, 2.24) is 10.2 Å². The third kappa shape index (κ3) is 6.94. The number of carbonyl (C=O) groups is 1. The zero-order chi connectivity index (χ0) is 13.9. The zero-order valence-corrected chi connectivity index (χ0v) is 11.8. The molecule has 0 aliphatic carbocycles. The van der Waals surface area contributed by atoms with Gasteiger partial charge in [-0.3, -0.25) is 9.69 Å². The highest BCUT2D eigenvalue weighted by atomic mass is 16.2. The van der Waals surface area contributed by atoms with Crippen molar-refractivity contribution in [2.75, 3.05) is 26.2 Å². The summed E-state index contributed by atoms with van der Waals surface area (Å²) in [5.74, 6) is 0.0924. The zero-order valence-electron chi connectivity index (χ0n) is 11.8. The average Bonchev–Trinajstić information content (AvgIpc) is 2.43. The van der Waals surface area contributed by atoms with Crippen molar-refractivity contribution in [3.8, 4) is 0 Å². The highest BCUT2D eigenvalue weighted by Crippen LogP contribution is 2.04. The minimum atomic E-state index is 0.0924. The Morgan fingerprint density at radius 1 is 1.32 bits per heavy atom. The number of hydrogen-bond acceptors (Lipinski definition) is 3. The predicted octanol–water partition coefficient (Wildman–Crippen LogP) is 1.36. The van der Waals surface area contributed by atoms with Crippen molar-refractivity contribution >= 4 is 5.91 Å². The fraction of sp³-hybridized carbons (Fsp3) is 0.533. The molecule has 0 unspecified atom stereocenters. The lowest BCUT2D eigenvalue weighted by Crippen LogP contribution is -2.38. The smallest absolute Gasteiger partial charge is 0.234 e. The predicted molar refractivity (Wildman–Crippen MR) is 78.7 cm³/mol. The van der Waals surface area contributed by atoms with Gasteiger partial charge in [-0.25, -0.2) is 0 Å². The van der Waals surface area contributed by atoms with Crippen LogP contribution in [-0.2, 0) is 11.3 Å². The van der Waals surface area contributed by atoms with Gasteiger partial charge >= 0.3 is 0 Å². The van der Waals surface area contributed by atoms with Crippen molar-refractivity contribution in [3.05, 3.63) is 35.9 Å². The minimum absolute atomic E-state index is 0.0924. The third-order valence-corrected chi connectivity index (χ3v) is 2.87. The van der Waals surface area contributed by atoms with E-state index in [0.29, 0.717) is 13.1 Å². The second-order valence-corrected chi connectivity index (χ2v) is 4.69. The first-order valence-electron chi connectivity index (χ1n) is 6.99. The van der Waals surface area contributed by atoms with E-state index in [1.165, 1.54) is 5.56 Å². The van der Waals surface area contributed by atoms with Crippen LogP contribution < -0.4 is 11.1 Å². The van der Waals surface area contributed by atoms with Crippen LogP contribution in [-0.4, -0.2) is 37.0 Å². The van der Waals surface area contributed by atoms with Crippen molar-refractivity contribution in [1.29, 1.82) is 0 Å². The molecule has 0 fully saturated rings. The molecule has 0 spiro atoms. The quantitative estimate of drug-likeness (QED) is 0.707. The maximum atomic E-state index is 11.8. The Labute approximate surface area is 116 Å². The number of nitrogens with one attached hydrogen (secondary N) is 1. The molecule has 1 rings (SSSR count). The molecule has 0 saturated carbocycles. The molecule has 0 aliphatic heterocycles. The number of nitrogens with zero attached hydrogens (tertiary/aromatic N) is 1. The number of benzene rings is 1. The number of amides is 1. The Morgan fingerprint density at radius 3 is 2.68 bits per heavy atom. The van der Waals surface area contributed by atoms with E-state index in [0.717, 1.165) is 32.5 Å². The van der Waals surface area contributed by atoms with Gasteiger partial charge in [-0.15, -0.1) is 0 Å². The largest absolute Gasteiger partial charge is 0.355 e. The van der Waals surface area contributed by atoms with Gasteiger partial charge in [-0.2, -0.15) is 0 Å². The van der Waals surface area contributed by atoms with Crippen LogP contribution in [0.2, 0.25) is 0 Å².